The lowest BCUT2D eigenvalue weighted by molar-refractivity contribution is -0.129. The molecule has 1 amide bonds. The van der Waals surface area contributed by atoms with Crippen molar-refractivity contribution in [1.82, 2.24) is 14.7 Å². The molecule has 0 bridgehead atoms. The number of thiophene rings is 1. The lowest BCUT2D eigenvalue weighted by atomic mass is 9.92. The Morgan fingerprint density at radius 2 is 2.26 bits per heavy atom. The molecule has 0 radical (unpaired) electrons. The molecule has 1 aliphatic heterocycles. The molecule has 6 heteroatoms. The standard InChI is InChI=1S/C17H23N3O2S/c1-12(2)20-5-3-15(18-20)7-17(22)19-8-14(10-21)16(9-19)13-4-6-23-11-13/h3-6,11-12,14,16,21H,7-10H2,1-2H3/t14-,16-/m0/s1. The van der Waals surface area contributed by atoms with Crippen LogP contribution in [0.1, 0.15) is 37.1 Å². The zero-order chi connectivity index (χ0) is 16.4. The van der Waals surface area contributed by atoms with E-state index in [0.29, 0.717) is 25.6 Å². The van der Waals surface area contributed by atoms with Gasteiger partial charge < -0.3 is 10.0 Å². The summed E-state index contributed by atoms with van der Waals surface area (Å²) in [6.07, 6.45) is 2.25. The van der Waals surface area contributed by atoms with E-state index in [2.05, 4.69) is 30.4 Å². The highest BCUT2D eigenvalue weighted by molar-refractivity contribution is 7.08. The first-order valence-corrected chi connectivity index (χ1v) is 8.97. The fourth-order valence-corrected chi connectivity index (χ4v) is 3.87. The maximum atomic E-state index is 12.6. The van der Waals surface area contributed by atoms with Gasteiger partial charge in [-0.1, -0.05) is 0 Å². The number of hydrogen-bond acceptors (Lipinski definition) is 4. The second-order valence-electron chi connectivity index (χ2n) is 6.46. The third kappa shape index (κ3) is 3.48. The third-order valence-electron chi connectivity index (χ3n) is 4.52. The summed E-state index contributed by atoms with van der Waals surface area (Å²) in [5.41, 5.74) is 2.04. The highest BCUT2D eigenvalue weighted by Crippen LogP contribution is 2.33. The van der Waals surface area contributed by atoms with Crippen LogP contribution >= 0.6 is 11.3 Å². The van der Waals surface area contributed by atoms with Gasteiger partial charge in [0, 0.05) is 43.8 Å². The van der Waals surface area contributed by atoms with E-state index in [-0.39, 0.29) is 24.3 Å². The van der Waals surface area contributed by atoms with Crippen LogP contribution in [0.5, 0.6) is 0 Å². The van der Waals surface area contributed by atoms with Crippen molar-refractivity contribution in [3.8, 4) is 0 Å². The van der Waals surface area contributed by atoms with Gasteiger partial charge in [0.1, 0.15) is 0 Å². The Hall–Kier alpha value is -1.66. The molecule has 124 valence electrons. The smallest absolute Gasteiger partial charge is 0.228 e. The van der Waals surface area contributed by atoms with Crippen molar-refractivity contribution >= 4 is 17.2 Å². The van der Waals surface area contributed by atoms with Crippen LogP contribution in [0, 0.1) is 5.92 Å². The first-order valence-electron chi connectivity index (χ1n) is 8.03. The van der Waals surface area contributed by atoms with Gasteiger partial charge in [0.15, 0.2) is 0 Å². The zero-order valence-corrected chi connectivity index (χ0v) is 14.4. The molecule has 2 aromatic rings. The minimum atomic E-state index is 0.0928. The Labute approximate surface area is 140 Å². The Balaban J connectivity index is 1.65. The molecule has 2 aromatic heterocycles. The molecule has 2 atom stereocenters. The number of aliphatic hydroxyl groups is 1. The van der Waals surface area contributed by atoms with E-state index in [1.54, 1.807) is 11.3 Å². The van der Waals surface area contributed by atoms with E-state index >= 15 is 0 Å². The molecule has 0 unspecified atom stereocenters. The monoisotopic (exact) mass is 333 g/mol. The van der Waals surface area contributed by atoms with Crippen molar-refractivity contribution in [2.45, 2.75) is 32.2 Å². The fraction of sp³-hybridized carbons (Fsp3) is 0.529. The number of likely N-dealkylation sites (tertiary alicyclic amines) is 1. The second-order valence-corrected chi connectivity index (χ2v) is 7.24. The molecule has 23 heavy (non-hydrogen) atoms. The van der Waals surface area contributed by atoms with Gasteiger partial charge >= 0.3 is 0 Å². The number of nitrogens with zero attached hydrogens (tertiary/aromatic N) is 3. The van der Waals surface area contributed by atoms with Crippen molar-refractivity contribution in [2.24, 2.45) is 5.92 Å². The first-order chi connectivity index (χ1) is 11.1. The van der Waals surface area contributed by atoms with E-state index in [4.69, 9.17) is 0 Å². The van der Waals surface area contributed by atoms with E-state index < -0.39 is 0 Å². The van der Waals surface area contributed by atoms with Gasteiger partial charge in [-0.2, -0.15) is 16.4 Å². The molecule has 1 aliphatic rings. The SMILES string of the molecule is CC(C)n1ccc(CC(=O)N2C[C@@H](CO)[C@H](c3ccsc3)C2)n1. The molecule has 3 rings (SSSR count). The Morgan fingerprint density at radius 1 is 1.43 bits per heavy atom. The molecule has 1 N–H and O–H groups in total. The molecular formula is C17H23N3O2S. The van der Waals surface area contributed by atoms with Gasteiger partial charge in [0.25, 0.3) is 0 Å². The second kappa shape index (κ2) is 6.84. The minimum absolute atomic E-state index is 0.0928. The van der Waals surface area contributed by atoms with Crippen molar-refractivity contribution in [2.75, 3.05) is 19.7 Å². The number of carbonyl (C=O) groups excluding carboxylic acids is 1. The summed E-state index contributed by atoms with van der Waals surface area (Å²) in [7, 11) is 0. The van der Waals surface area contributed by atoms with Gasteiger partial charge in [-0.25, -0.2) is 0 Å². The third-order valence-corrected chi connectivity index (χ3v) is 5.23. The summed E-state index contributed by atoms with van der Waals surface area (Å²) in [5, 5.41) is 18.3. The molecule has 0 aromatic carbocycles. The minimum Gasteiger partial charge on any atom is -0.396 e. The zero-order valence-electron chi connectivity index (χ0n) is 13.6. The molecular weight excluding hydrogens is 310 g/mol. The van der Waals surface area contributed by atoms with Gasteiger partial charge in [0.05, 0.1) is 12.1 Å². The number of aromatic nitrogens is 2. The van der Waals surface area contributed by atoms with Gasteiger partial charge in [-0.05, 0) is 42.3 Å². The average molecular weight is 333 g/mol. The molecule has 0 aliphatic carbocycles. The molecule has 1 saturated heterocycles. The Morgan fingerprint density at radius 3 is 2.87 bits per heavy atom. The quantitative estimate of drug-likeness (QED) is 0.913. The topological polar surface area (TPSA) is 58.4 Å². The highest BCUT2D eigenvalue weighted by Gasteiger charge is 2.35. The van der Waals surface area contributed by atoms with Crippen LogP contribution in [0.2, 0.25) is 0 Å². The summed E-state index contributed by atoms with van der Waals surface area (Å²) in [6.45, 7) is 5.56. The number of aliphatic hydroxyl groups excluding tert-OH is 1. The highest BCUT2D eigenvalue weighted by atomic mass is 32.1. The lowest BCUT2D eigenvalue weighted by Gasteiger charge is -2.15. The number of rotatable bonds is 5. The number of amides is 1. The average Bonchev–Trinajstić information content (AvgIpc) is 3.26. The summed E-state index contributed by atoms with van der Waals surface area (Å²) < 4.78 is 1.87. The van der Waals surface area contributed by atoms with E-state index in [1.165, 1.54) is 5.56 Å². The van der Waals surface area contributed by atoms with Gasteiger partial charge in [0.2, 0.25) is 5.91 Å². The van der Waals surface area contributed by atoms with Gasteiger partial charge in [-0.15, -0.1) is 0 Å². The predicted octanol–water partition coefficient (Wildman–Crippen LogP) is 2.30. The van der Waals surface area contributed by atoms with Gasteiger partial charge in [-0.3, -0.25) is 9.48 Å². The van der Waals surface area contributed by atoms with Crippen LogP contribution in [-0.4, -0.2) is 45.4 Å². The van der Waals surface area contributed by atoms with Crippen LogP contribution in [-0.2, 0) is 11.2 Å². The van der Waals surface area contributed by atoms with E-state index in [0.717, 1.165) is 5.69 Å². The molecule has 1 fully saturated rings. The first kappa shape index (κ1) is 16.2. The van der Waals surface area contributed by atoms with Crippen molar-refractivity contribution in [3.05, 3.63) is 40.3 Å². The van der Waals surface area contributed by atoms with Crippen LogP contribution < -0.4 is 0 Å². The maximum Gasteiger partial charge on any atom is 0.228 e. The lowest BCUT2D eigenvalue weighted by Crippen LogP contribution is -2.30. The summed E-state index contributed by atoms with van der Waals surface area (Å²) in [4.78, 5) is 14.4. The van der Waals surface area contributed by atoms with E-state index in [1.807, 2.05) is 27.2 Å². The van der Waals surface area contributed by atoms with Crippen LogP contribution in [0.15, 0.2) is 29.1 Å². The van der Waals surface area contributed by atoms with Crippen LogP contribution in [0.3, 0.4) is 0 Å². The molecule has 0 spiro atoms. The van der Waals surface area contributed by atoms with Crippen molar-refractivity contribution < 1.29 is 9.90 Å². The number of hydrogen-bond donors (Lipinski definition) is 1. The predicted molar refractivity (Wildman–Crippen MR) is 90.5 cm³/mol. The largest absolute Gasteiger partial charge is 0.396 e. The summed E-state index contributed by atoms with van der Waals surface area (Å²) in [6, 6.07) is 4.30. The Bertz CT molecular complexity index is 651. The summed E-state index contributed by atoms with van der Waals surface area (Å²) >= 11 is 1.66. The normalized spacial score (nSPS) is 21.3. The fourth-order valence-electron chi connectivity index (χ4n) is 3.15. The Kier molecular flexibility index (Phi) is 4.82. The van der Waals surface area contributed by atoms with Crippen molar-refractivity contribution in [3.63, 3.8) is 0 Å². The maximum absolute atomic E-state index is 12.6. The molecule has 3 heterocycles. The molecule has 0 saturated carbocycles. The van der Waals surface area contributed by atoms with Crippen LogP contribution in [0.4, 0.5) is 0 Å². The van der Waals surface area contributed by atoms with Crippen LogP contribution in [0.25, 0.3) is 0 Å². The van der Waals surface area contributed by atoms with E-state index in [9.17, 15) is 9.90 Å². The molecule has 5 nitrogen and oxygen atoms in total. The van der Waals surface area contributed by atoms with Crippen molar-refractivity contribution in [1.29, 1.82) is 0 Å². The number of carbonyl (C=O) groups is 1. The summed E-state index contributed by atoms with van der Waals surface area (Å²) in [5.74, 6) is 0.459.